The summed E-state index contributed by atoms with van der Waals surface area (Å²) in [6.45, 7) is 0.0654. The molecular weight excluding hydrogens is 422 g/mol. The molecule has 0 saturated heterocycles. The molecule has 2 N–H and O–H groups in total. The third-order valence-corrected chi connectivity index (χ3v) is 5.72. The van der Waals surface area contributed by atoms with Crippen molar-refractivity contribution in [2.45, 2.75) is 25.8 Å². The van der Waals surface area contributed by atoms with Crippen LogP contribution in [0.3, 0.4) is 0 Å². The maximum atomic E-state index is 12.9. The van der Waals surface area contributed by atoms with E-state index in [1.54, 1.807) is 35.4 Å². The number of furan rings is 1. The van der Waals surface area contributed by atoms with Crippen molar-refractivity contribution in [3.8, 4) is 17.4 Å². The van der Waals surface area contributed by atoms with Crippen molar-refractivity contribution in [1.82, 2.24) is 29.3 Å². The van der Waals surface area contributed by atoms with E-state index in [-0.39, 0.29) is 24.0 Å². The van der Waals surface area contributed by atoms with Gasteiger partial charge in [0, 0.05) is 11.6 Å². The van der Waals surface area contributed by atoms with Gasteiger partial charge in [0.15, 0.2) is 5.76 Å². The summed E-state index contributed by atoms with van der Waals surface area (Å²) in [5, 5.41) is 7.44. The fourth-order valence-corrected chi connectivity index (χ4v) is 4.18. The second-order valence-corrected chi connectivity index (χ2v) is 7.88. The Kier molecular flexibility index (Phi) is 4.42. The molecule has 4 aromatic heterocycles. The second-order valence-electron chi connectivity index (χ2n) is 7.88. The van der Waals surface area contributed by atoms with Crippen LogP contribution in [0.4, 0.5) is 5.82 Å². The molecule has 10 heteroatoms. The number of para-hydroxylation sites is 2. The van der Waals surface area contributed by atoms with Gasteiger partial charge in [0.25, 0.3) is 5.56 Å². The number of anilines is 1. The van der Waals surface area contributed by atoms with Crippen molar-refractivity contribution >= 4 is 22.8 Å². The number of benzene rings is 1. The number of nitrogens with one attached hydrogen (secondary N) is 2. The predicted molar refractivity (Wildman–Crippen MR) is 120 cm³/mol. The third-order valence-electron chi connectivity index (χ3n) is 5.72. The Hall–Kier alpha value is -4.47. The highest BCUT2D eigenvalue weighted by Crippen LogP contribution is 2.25. The number of rotatable bonds is 5. The molecule has 0 fully saturated rings. The Morgan fingerprint density at radius 3 is 2.97 bits per heavy atom. The zero-order valence-corrected chi connectivity index (χ0v) is 17.5. The fourth-order valence-electron chi connectivity index (χ4n) is 4.18. The Bertz CT molecular complexity index is 1540. The molecule has 0 atom stereocenters. The Labute approximate surface area is 186 Å². The van der Waals surface area contributed by atoms with Crippen molar-refractivity contribution in [1.29, 1.82) is 0 Å². The smallest absolute Gasteiger partial charge is 0.255 e. The number of hydrogen-bond acceptors (Lipinski definition) is 6. The summed E-state index contributed by atoms with van der Waals surface area (Å²) < 4.78 is 8.67. The quantitative estimate of drug-likeness (QED) is 0.432. The average molecular weight is 441 g/mol. The zero-order chi connectivity index (χ0) is 22.4. The minimum Gasteiger partial charge on any atom is -0.463 e. The maximum absolute atomic E-state index is 12.9. The molecule has 0 bridgehead atoms. The van der Waals surface area contributed by atoms with Crippen molar-refractivity contribution < 1.29 is 9.21 Å². The highest BCUT2D eigenvalue weighted by molar-refractivity contribution is 5.91. The molecule has 0 spiro atoms. The average Bonchev–Trinajstić information content (AvgIpc) is 3.60. The number of H-pyrrole nitrogens is 1. The van der Waals surface area contributed by atoms with Crippen LogP contribution in [0.2, 0.25) is 0 Å². The Morgan fingerprint density at radius 2 is 2.09 bits per heavy atom. The van der Waals surface area contributed by atoms with Crippen molar-refractivity contribution in [2.24, 2.45) is 0 Å². The third kappa shape index (κ3) is 3.41. The van der Waals surface area contributed by atoms with E-state index in [0.29, 0.717) is 17.3 Å². The molecule has 1 aliphatic rings. The summed E-state index contributed by atoms with van der Waals surface area (Å²) in [5.41, 5.74) is 3.49. The van der Waals surface area contributed by atoms with Gasteiger partial charge in [-0.15, -0.1) is 0 Å². The first kappa shape index (κ1) is 19.2. The number of carbonyl (C=O) groups excluding carboxylic acids is 1. The van der Waals surface area contributed by atoms with E-state index in [4.69, 9.17) is 4.42 Å². The van der Waals surface area contributed by atoms with E-state index in [0.717, 1.165) is 41.6 Å². The van der Waals surface area contributed by atoms with Gasteiger partial charge >= 0.3 is 0 Å². The van der Waals surface area contributed by atoms with Gasteiger partial charge in [-0.3, -0.25) is 14.6 Å². The lowest BCUT2D eigenvalue weighted by atomic mass is 10.3. The predicted octanol–water partition coefficient (Wildman–Crippen LogP) is 2.69. The molecule has 0 saturated carbocycles. The first-order valence-corrected chi connectivity index (χ1v) is 10.6. The largest absolute Gasteiger partial charge is 0.463 e. The van der Waals surface area contributed by atoms with E-state index in [1.807, 2.05) is 24.3 Å². The molecule has 0 aliphatic heterocycles. The van der Waals surface area contributed by atoms with Gasteiger partial charge in [-0.05, 0) is 43.5 Å². The fraction of sp³-hybridized carbons (Fsp3) is 0.174. The van der Waals surface area contributed by atoms with Crippen LogP contribution in [-0.2, 0) is 24.2 Å². The van der Waals surface area contributed by atoms with Crippen LogP contribution >= 0.6 is 0 Å². The van der Waals surface area contributed by atoms with Gasteiger partial charge < -0.3 is 14.3 Å². The van der Waals surface area contributed by atoms with Crippen LogP contribution in [0, 0.1) is 0 Å². The summed E-state index contributed by atoms with van der Waals surface area (Å²) in [4.78, 5) is 37.2. The van der Waals surface area contributed by atoms with Crippen molar-refractivity contribution in [3.63, 3.8) is 0 Å². The maximum Gasteiger partial charge on any atom is 0.255 e. The second kappa shape index (κ2) is 7.59. The number of aromatic nitrogens is 6. The zero-order valence-electron chi connectivity index (χ0n) is 17.5. The normalized spacial score (nSPS) is 12.8. The van der Waals surface area contributed by atoms with Gasteiger partial charge in [-0.25, -0.2) is 9.97 Å². The highest BCUT2D eigenvalue weighted by atomic mass is 16.3. The van der Waals surface area contributed by atoms with E-state index in [9.17, 15) is 9.59 Å². The number of hydrogen-bond donors (Lipinski definition) is 2. The molecule has 1 aromatic carbocycles. The topological polar surface area (TPSA) is 124 Å². The summed E-state index contributed by atoms with van der Waals surface area (Å²) in [6, 6.07) is 12.8. The molecule has 10 nitrogen and oxygen atoms in total. The molecule has 1 aliphatic carbocycles. The monoisotopic (exact) mass is 441 g/mol. The SMILES string of the molecule is O=C(Cn1cnc2ccccc21)Nc1cc(-c2ccco2)nn1-c1nc2c(c(=O)[nH]1)CCC2. The molecule has 5 aromatic rings. The summed E-state index contributed by atoms with van der Waals surface area (Å²) >= 11 is 0. The minimum absolute atomic E-state index is 0.0654. The van der Waals surface area contributed by atoms with Crippen molar-refractivity contribution in [3.05, 3.63) is 76.7 Å². The van der Waals surface area contributed by atoms with Crippen LogP contribution < -0.4 is 10.9 Å². The number of nitrogens with zero attached hydrogens (tertiary/aromatic N) is 5. The number of carbonyl (C=O) groups is 1. The number of amides is 1. The van der Waals surface area contributed by atoms with Crippen LogP contribution in [0.15, 0.2) is 64.3 Å². The lowest BCUT2D eigenvalue weighted by molar-refractivity contribution is -0.116. The molecule has 0 unspecified atom stereocenters. The molecule has 33 heavy (non-hydrogen) atoms. The summed E-state index contributed by atoms with van der Waals surface area (Å²) in [6.07, 6.45) is 5.54. The van der Waals surface area contributed by atoms with Gasteiger partial charge in [0.05, 0.1) is 29.3 Å². The van der Waals surface area contributed by atoms with Crippen LogP contribution in [0.1, 0.15) is 17.7 Å². The van der Waals surface area contributed by atoms with E-state index in [2.05, 4.69) is 25.4 Å². The lowest BCUT2D eigenvalue weighted by Gasteiger charge is -2.10. The number of imidazole rings is 1. The molecule has 1 amide bonds. The first-order valence-electron chi connectivity index (χ1n) is 10.6. The number of fused-ring (bicyclic) bond motifs is 2. The van der Waals surface area contributed by atoms with Crippen LogP contribution in [0.25, 0.3) is 28.4 Å². The Balaban J connectivity index is 1.36. The highest BCUT2D eigenvalue weighted by Gasteiger charge is 2.21. The van der Waals surface area contributed by atoms with E-state index >= 15 is 0 Å². The molecule has 164 valence electrons. The van der Waals surface area contributed by atoms with Crippen molar-refractivity contribution in [2.75, 3.05) is 5.32 Å². The standard InChI is InChI=1S/C23H19N7O3/c31-21(12-29-13-24-16-6-1-2-8-18(16)29)26-20-11-17(19-9-4-10-33-19)28-30(20)23-25-15-7-3-5-14(15)22(32)27-23/h1-2,4,6,8-11,13H,3,5,7,12H2,(H,26,31)(H,25,27,32). The van der Waals surface area contributed by atoms with Gasteiger partial charge in [-0.1, -0.05) is 12.1 Å². The molecule has 6 rings (SSSR count). The van der Waals surface area contributed by atoms with E-state index < -0.39 is 0 Å². The minimum atomic E-state index is -0.270. The molecule has 0 radical (unpaired) electrons. The lowest BCUT2D eigenvalue weighted by Crippen LogP contribution is -2.23. The van der Waals surface area contributed by atoms with Crippen LogP contribution in [0.5, 0.6) is 0 Å². The van der Waals surface area contributed by atoms with Crippen LogP contribution in [-0.4, -0.2) is 35.2 Å². The number of aromatic amines is 1. The summed E-state index contributed by atoms with van der Waals surface area (Å²) in [5.74, 6) is 0.890. The van der Waals surface area contributed by atoms with Gasteiger partial charge in [0.2, 0.25) is 11.9 Å². The summed E-state index contributed by atoms with van der Waals surface area (Å²) in [7, 11) is 0. The van der Waals surface area contributed by atoms with Gasteiger partial charge in [0.1, 0.15) is 18.1 Å². The van der Waals surface area contributed by atoms with E-state index in [1.165, 1.54) is 4.68 Å². The molecule has 4 heterocycles. The molecular formula is C23H19N7O3. The first-order chi connectivity index (χ1) is 16.2. The Morgan fingerprint density at radius 1 is 1.18 bits per heavy atom. The van der Waals surface area contributed by atoms with Gasteiger partial charge in [-0.2, -0.15) is 9.78 Å². The number of aryl methyl sites for hydroxylation is 1.